The van der Waals surface area contributed by atoms with Crippen molar-refractivity contribution in [1.29, 1.82) is 0 Å². The van der Waals surface area contributed by atoms with Gasteiger partial charge in [0.05, 0.1) is 37.2 Å². The van der Waals surface area contributed by atoms with E-state index in [1.54, 1.807) is 61.1 Å². The number of carbonyl (C=O) groups is 2. The minimum atomic E-state index is -0.251. The number of hydrogen-bond donors (Lipinski definition) is 3. The summed E-state index contributed by atoms with van der Waals surface area (Å²) in [6.07, 6.45) is 3.12. The number of para-hydroxylation sites is 1. The SMILES string of the molecule is CC(NC(=O)CNc1ccccc1C(=O)NCc1ccco1)c1ccco1. The Morgan fingerprint density at radius 1 is 1.00 bits per heavy atom. The second-order valence-electron chi connectivity index (χ2n) is 5.97. The van der Waals surface area contributed by atoms with E-state index in [0.29, 0.717) is 29.3 Å². The zero-order valence-corrected chi connectivity index (χ0v) is 14.9. The third kappa shape index (κ3) is 5.01. The van der Waals surface area contributed by atoms with Crippen LogP contribution < -0.4 is 16.0 Å². The molecule has 7 heteroatoms. The quantitative estimate of drug-likeness (QED) is 0.568. The molecule has 1 unspecified atom stereocenters. The molecule has 27 heavy (non-hydrogen) atoms. The van der Waals surface area contributed by atoms with Gasteiger partial charge in [-0.1, -0.05) is 12.1 Å². The first kappa shape index (κ1) is 18.3. The van der Waals surface area contributed by atoms with Crippen molar-refractivity contribution in [1.82, 2.24) is 10.6 Å². The fourth-order valence-corrected chi connectivity index (χ4v) is 2.59. The van der Waals surface area contributed by atoms with E-state index in [0.717, 1.165) is 0 Å². The molecule has 3 N–H and O–H groups in total. The average Bonchev–Trinajstić information content (AvgIpc) is 3.38. The molecule has 0 saturated heterocycles. The van der Waals surface area contributed by atoms with Crippen LogP contribution in [0.2, 0.25) is 0 Å². The first-order valence-corrected chi connectivity index (χ1v) is 8.59. The van der Waals surface area contributed by atoms with E-state index in [9.17, 15) is 9.59 Å². The number of rotatable bonds is 8. The fourth-order valence-electron chi connectivity index (χ4n) is 2.59. The predicted octanol–water partition coefficient (Wildman–Crippen LogP) is 3.09. The first-order valence-electron chi connectivity index (χ1n) is 8.59. The molecule has 0 aliphatic heterocycles. The third-order valence-corrected chi connectivity index (χ3v) is 3.96. The normalized spacial score (nSPS) is 11.6. The summed E-state index contributed by atoms with van der Waals surface area (Å²) in [6, 6.07) is 13.9. The van der Waals surface area contributed by atoms with Gasteiger partial charge in [0.15, 0.2) is 0 Å². The molecule has 2 heterocycles. The lowest BCUT2D eigenvalue weighted by Gasteiger charge is -2.14. The Labute approximate surface area is 156 Å². The maximum absolute atomic E-state index is 12.4. The number of carbonyl (C=O) groups excluding carboxylic acids is 2. The van der Waals surface area contributed by atoms with Crippen molar-refractivity contribution in [3.63, 3.8) is 0 Å². The molecule has 0 radical (unpaired) electrons. The number of nitrogens with one attached hydrogen (secondary N) is 3. The molecule has 2 amide bonds. The van der Waals surface area contributed by atoms with E-state index >= 15 is 0 Å². The van der Waals surface area contributed by atoms with Crippen molar-refractivity contribution in [2.24, 2.45) is 0 Å². The van der Waals surface area contributed by atoms with E-state index in [2.05, 4.69) is 16.0 Å². The van der Waals surface area contributed by atoms with Gasteiger partial charge in [0.25, 0.3) is 5.91 Å². The van der Waals surface area contributed by atoms with Crippen molar-refractivity contribution in [2.45, 2.75) is 19.5 Å². The highest BCUT2D eigenvalue weighted by atomic mass is 16.3. The molecule has 0 saturated carbocycles. The topological polar surface area (TPSA) is 96.5 Å². The summed E-state index contributed by atoms with van der Waals surface area (Å²) >= 11 is 0. The van der Waals surface area contributed by atoms with Crippen molar-refractivity contribution in [3.05, 3.63) is 78.1 Å². The molecular formula is C20H21N3O4. The maximum Gasteiger partial charge on any atom is 0.253 e. The molecule has 3 aromatic rings. The highest BCUT2D eigenvalue weighted by molar-refractivity contribution is 6.00. The van der Waals surface area contributed by atoms with Crippen molar-refractivity contribution in [2.75, 3.05) is 11.9 Å². The van der Waals surface area contributed by atoms with Gasteiger partial charge < -0.3 is 24.8 Å². The van der Waals surface area contributed by atoms with Crippen LogP contribution in [0.15, 0.2) is 69.9 Å². The van der Waals surface area contributed by atoms with Gasteiger partial charge in [0.1, 0.15) is 11.5 Å². The minimum Gasteiger partial charge on any atom is -0.467 e. The summed E-state index contributed by atoms with van der Waals surface area (Å²) in [6.45, 7) is 2.17. The van der Waals surface area contributed by atoms with Crippen LogP contribution in [-0.2, 0) is 11.3 Å². The number of benzene rings is 1. The van der Waals surface area contributed by atoms with Crippen LogP contribution in [-0.4, -0.2) is 18.4 Å². The summed E-state index contributed by atoms with van der Waals surface area (Å²) in [5, 5.41) is 8.64. The lowest BCUT2D eigenvalue weighted by Crippen LogP contribution is -2.32. The lowest BCUT2D eigenvalue weighted by molar-refractivity contribution is -0.120. The number of furan rings is 2. The summed E-state index contributed by atoms with van der Waals surface area (Å²) in [4.78, 5) is 24.6. The van der Waals surface area contributed by atoms with Crippen LogP contribution in [0.4, 0.5) is 5.69 Å². The molecule has 0 aliphatic rings. The average molecular weight is 367 g/mol. The molecule has 7 nitrogen and oxygen atoms in total. The smallest absolute Gasteiger partial charge is 0.253 e. The van der Waals surface area contributed by atoms with Crippen molar-refractivity contribution in [3.8, 4) is 0 Å². The van der Waals surface area contributed by atoms with Gasteiger partial charge in [-0.05, 0) is 43.3 Å². The van der Waals surface area contributed by atoms with Crippen LogP contribution in [0.25, 0.3) is 0 Å². The van der Waals surface area contributed by atoms with Gasteiger partial charge in [-0.3, -0.25) is 9.59 Å². The Kier molecular flexibility index (Phi) is 5.94. The Morgan fingerprint density at radius 2 is 1.78 bits per heavy atom. The Morgan fingerprint density at radius 3 is 2.52 bits per heavy atom. The molecule has 140 valence electrons. The first-order chi connectivity index (χ1) is 13.1. The number of anilines is 1. The zero-order valence-electron chi connectivity index (χ0n) is 14.9. The summed E-state index contributed by atoms with van der Waals surface area (Å²) in [7, 11) is 0. The minimum absolute atomic E-state index is 0.0352. The van der Waals surface area contributed by atoms with Crippen molar-refractivity contribution >= 4 is 17.5 Å². The largest absolute Gasteiger partial charge is 0.467 e. The zero-order chi connectivity index (χ0) is 19.1. The van der Waals surface area contributed by atoms with Crippen LogP contribution in [0.1, 0.15) is 34.8 Å². The van der Waals surface area contributed by atoms with Gasteiger partial charge >= 0.3 is 0 Å². The van der Waals surface area contributed by atoms with Crippen molar-refractivity contribution < 1.29 is 18.4 Å². The second kappa shape index (κ2) is 8.75. The van der Waals surface area contributed by atoms with Crippen LogP contribution >= 0.6 is 0 Å². The molecule has 3 rings (SSSR count). The highest BCUT2D eigenvalue weighted by Gasteiger charge is 2.14. The van der Waals surface area contributed by atoms with E-state index in [-0.39, 0.29) is 24.4 Å². The monoisotopic (exact) mass is 367 g/mol. The highest BCUT2D eigenvalue weighted by Crippen LogP contribution is 2.16. The Hall–Kier alpha value is -3.48. The van der Waals surface area contributed by atoms with Crippen LogP contribution in [0.5, 0.6) is 0 Å². The van der Waals surface area contributed by atoms with E-state index in [1.165, 1.54) is 0 Å². The summed E-state index contributed by atoms with van der Waals surface area (Å²) < 4.78 is 10.5. The van der Waals surface area contributed by atoms with Gasteiger partial charge in [0, 0.05) is 5.69 Å². The Bertz CT molecular complexity index is 873. The maximum atomic E-state index is 12.4. The second-order valence-corrected chi connectivity index (χ2v) is 5.97. The van der Waals surface area contributed by atoms with Gasteiger partial charge in [-0.25, -0.2) is 0 Å². The molecule has 0 bridgehead atoms. The van der Waals surface area contributed by atoms with Crippen LogP contribution in [0, 0.1) is 0 Å². The Balaban J connectivity index is 1.55. The third-order valence-electron chi connectivity index (χ3n) is 3.96. The predicted molar refractivity (Wildman–Crippen MR) is 100 cm³/mol. The lowest BCUT2D eigenvalue weighted by atomic mass is 10.1. The standard InChI is InChI=1S/C20H21N3O4/c1-14(18-9-5-11-27-18)23-19(24)13-21-17-8-3-2-7-16(17)20(25)22-12-15-6-4-10-26-15/h2-11,14,21H,12-13H2,1H3,(H,22,25)(H,23,24). The van der Waals surface area contributed by atoms with Crippen LogP contribution in [0.3, 0.4) is 0 Å². The van der Waals surface area contributed by atoms with E-state index in [1.807, 2.05) is 6.92 Å². The molecule has 2 aromatic heterocycles. The number of amides is 2. The van der Waals surface area contributed by atoms with E-state index in [4.69, 9.17) is 8.83 Å². The van der Waals surface area contributed by atoms with Gasteiger partial charge in [0.2, 0.25) is 5.91 Å². The van der Waals surface area contributed by atoms with Gasteiger partial charge in [-0.2, -0.15) is 0 Å². The molecule has 0 fully saturated rings. The number of hydrogen-bond acceptors (Lipinski definition) is 5. The summed E-state index contributed by atoms with van der Waals surface area (Å²) in [5.74, 6) is 0.893. The fraction of sp³-hybridized carbons (Fsp3) is 0.200. The molecule has 1 aromatic carbocycles. The summed E-state index contributed by atoms with van der Waals surface area (Å²) in [5.41, 5.74) is 1.03. The molecular weight excluding hydrogens is 346 g/mol. The van der Waals surface area contributed by atoms with E-state index < -0.39 is 0 Å². The molecule has 0 aliphatic carbocycles. The molecule has 0 spiro atoms. The van der Waals surface area contributed by atoms with Gasteiger partial charge in [-0.15, -0.1) is 0 Å². The molecule has 1 atom stereocenters.